The number of nitrogens with zero attached hydrogens (tertiary/aromatic N) is 2. The van der Waals surface area contributed by atoms with Crippen LogP contribution in [0, 0.1) is 5.92 Å². The Morgan fingerprint density at radius 3 is 2.41 bits per heavy atom. The number of imide groups is 1. The van der Waals surface area contributed by atoms with Crippen LogP contribution in [0.4, 0.5) is 4.79 Å². The summed E-state index contributed by atoms with van der Waals surface area (Å²) in [6, 6.07) is 8.83. The molecule has 5 nitrogen and oxygen atoms in total. The zero-order valence-corrected chi connectivity index (χ0v) is 13.6. The number of hydrogen-bond acceptors (Lipinski definition) is 3. The van der Waals surface area contributed by atoms with Gasteiger partial charge >= 0.3 is 6.03 Å². The SMILES string of the molecule is CC(C)[C@@H](O)CC(=O)N1C(=O)N(C)[C@@H](C)[C@H]1c1ccccc1. The first kappa shape index (κ1) is 16.5. The fourth-order valence-corrected chi connectivity index (χ4v) is 2.74. The average molecular weight is 304 g/mol. The third kappa shape index (κ3) is 2.99. The summed E-state index contributed by atoms with van der Waals surface area (Å²) < 4.78 is 0. The Balaban J connectivity index is 2.29. The van der Waals surface area contributed by atoms with E-state index in [0.29, 0.717) is 0 Å². The van der Waals surface area contributed by atoms with Crippen LogP contribution >= 0.6 is 0 Å². The number of aliphatic hydroxyl groups excluding tert-OH is 1. The molecule has 0 aromatic heterocycles. The van der Waals surface area contributed by atoms with Crippen molar-refractivity contribution in [2.75, 3.05) is 7.05 Å². The molecule has 0 bridgehead atoms. The van der Waals surface area contributed by atoms with E-state index in [0.717, 1.165) is 5.56 Å². The van der Waals surface area contributed by atoms with E-state index >= 15 is 0 Å². The largest absolute Gasteiger partial charge is 0.392 e. The fourth-order valence-electron chi connectivity index (χ4n) is 2.74. The molecule has 1 saturated heterocycles. The van der Waals surface area contributed by atoms with Gasteiger partial charge in [-0.2, -0.15) is 0 Å². The number of amides is 3. The molecule has 1 aliphatic rings. The lowest BCUT2D eigenvalue weighted by Crippen LogP contribution is -2.38. The van der Waals surface area contributed by atoms with Gasteiger partial charge in [0, 0.05) is 7.05 Å². The van der Waals surface area contributed by atoms with Gasteiger partial charge in [-0.3, -0.25) is 9.69 Å². The summed E-state index contributed by atoms with van der Waals surface area (Å²) >= 11 is 0. The molecule has 1 N–H and O–H groups in total. The minimum Gasteiger partial charge on any atom is -0.392 e. The van der Waals surface area contributed by atoms with E-state index in [-0.39, 0.29) is 36.4 Å². The smallest absolute Gasteiger partial charge is 0.327 e. The average Bonchev–Trinajstić information content (AvgIpc) is 2.72. The molecule has 0 unspecified atom stereocenters. The van der Waals surface area contributed by atoms with Crippen molar-refractivity contribution in [3.05, 3.63) is 35.9 Å². The van der Waals surface area contributed by atoms with Gasteiger partial charge in [0.15, 0.2) is 0 Å². The summed E-state index contributed by atoms with van der Waals surface area (Å²) in [5.74, 6) is -0.344. The maximum Gasteiger partial charge on any atom is 0.327 e. The summed E-state index contributed by atoms with van der Waals surface area (Å²) in [4.78, 5) is 27.9. The third-order valence-corrected chi connectivity index (χ3v) is 4.42. The molecule has 120 valence electrons. The van der Waals surface area contributed by atoms with E-state index in [2.05, 4.69) is 0 Å². The van der Waals surface area contributed by atoms with Crippen molar-refractivity contribution in [2.45, 2.75) is 45.4 Å². The summed E-state index contributed by atoms with van der Waals surface area (Å²) in [5, 5.41) is 9.96. The molecule has 3 amide bonds. The van der Waals surface area contributed by atoms with Crippen LogP contribution in [-0.4, -0.2) is 46.0 Å². The van der Waals surface area contributed by atoms with Gasteiger partial charge in [0.25, 0.3) is 0 Å². The molecule has 1 aliphatic heterocycles. The summed E-state index contributed by atoms with van der Waals surface area (Å²) in [6.45, 7) is 5.64. The van der Waals surface area contributed by atoms with Crippen LogP contribution in [0.25, 0.3) is 0 Å². The Hall–Kier alpha value is -1.88. The molecular weight excluding hydrogens is 280 g/mol. The standard InChI is InChI=1S/C17H24N2O3/c1-11(2)14(20)10-15(21)19-16(12(3)18(4)17(19)22)13-8-6-5-7-9-13/h5-9,11-12,14,16,20H,10H2,1-4H3/t12-,14-,16-/m0/s1. The van der Waals surface area contributed by atoms with Gasteiger partial charge in [-0.15, -0.1) is 0 Å². The highest BCUT2D eigenvalue weighted by atomic mass is 16.3. The van der Waals surface area contributed by atoms with E-state index in [4.69, 9.17) is 0 Å². The van der Waals surface area contributed by atoms with Crippen molar-refractivity contribution >= 4 is 11.9 Å². The third-order valence-electron chi connectivity index (χ3n) is 4.42. The molecule has 0 saturated carbocycles. The Bertz CT molecular complexity index is 544. The number of aliphatic hydroxyl groups is 1. The predicted octanol–water partition coefficient (Wildman–Crippen LogP) is 2.42. The van der Waals surface area contributed by atoms with E-state index < -0.39 is 6.10 Å². The van der Waals surface area contributed by atoms with E-state index in [9.17, 15) is 14.7 Å². The highest BCUT2D eigenvalue weighted by Gasteiger charge is 2.45. The van der Waals surface area contributed by atoms with E-state index in [1.807, 2.05) is 51.1 Å². The molecule has 5 heteroatoms. The van der Waals surface area contributed by atoms with Gasteiger partial charge < -0.3 is 10.0 Å². The van der Waals surface area contributed by atoms with Crippen molar-refractivity contribution in [2.24, 2.45) is 5.92 Å². The van der Waals surface area contributed by atoms with Crippen LogP contribution in [0.2, 0.25) is 0 Å². The molecule has 1 heterocycles. The Morgan fingerprint density at radius 1 is 1.27 bits per heavy atom. The number of rotatable bonds is 4. The van der Waals surface area contributed by atoms with E-state index in [1.165, 1.54) is 4.90 Å². The van der Waals surface area contributed by atoms with Crippen LogP contribution in [0.15, 0.2) is 30.3 Å². The molecular formula is C17H24N2O3. The first-order chi connectivity index (χ1) is 10.3. The molecule has 0 radical (unpaired) electrons. The maximum atomic E-state index is 12.6. The number of likely N-dealkylation sites (N-methyl/N-ethyl adjacent to an activating group) is 1. The topological polar surface area (TPSA) is 60.9 Å². The van der Waals surface area contributed by atoms with Crippen LogP contribution < -0.4 is 0 Å². The molecule has 1 fully saturated rings. The van der Waals surface area contributed by atoms with Crippen LogP contribution in [0.5, 0.6) is 0 Å². The maximum absolute atomic E-state index is 12.6. The van der Waals surface area contributed by atoms with Gasteiger partial charge in [0.05, 0.1) is 24.6 Å². The summed E-state index contributed by atoms with van der Waals surface area (Å²) in [6.07, 6.45) is -0.772. The zero-order chi connectivity index (χ0) is 16.4. The van der Waals surface area contributed by atoms with Crippen molar-refractivity contribution in [1.82, 2.24) is 9.80 Å². The highest BCUT2D eigenvalue weighted by molar-refractivity contribution is 5.97. The van der Waals surface area contributed by atoms with Crippen LogP contribution in [0.3, 0.4) is 0 Å². The second kappa shape index (κ2) is 6.48. The van der Waals surface area contributed by atoms with Gasteiger partial charge in [0.1, 0.15) is 0 Å². The minimum atomic E-state index is -0.738. The zero-order valence-electron chi connectivity index (χ0n) is 13.6. The van der Waals surface area contributed by atoms with Crippen molar-refractivity contribution in [3.63, 3.8) is 0 Å². The molecule has 22 heavy (non-hydrogen) atoms. The van der Waals surface area contributed by atoms with Gasteiger partial charge in [-0.25, -0.2) is 4.79 Å². The fraction of sp³-hybridized carbons (Fsp3) is 0.529. The van der Waals surface area contributed by atoms with Crippen molar-refractivity contribution in [1.29, 1.82) is 0 Å². The number of benzene rings is 1. The first-order valence-corrected chi connectivity index (χ1v) is 7.66. The summed E-state index contributed by atoms with van der Waals surface area (Å²) in [7, 11) is 1.70. The lowest BCUT2D eigenvalue weighted by atomic mass is 9.99. The second-order valence-electron chi connectivity index (χ2n) is 6.27. The van der Waals surface area contributed by atoms with E-state index in [1.54, 1.807) is 11.9 Å². The molecule has 0 spiro atoms. The Labute approximate surface area is 131 Å². The van der Waals surface area contributed by atoms with Crippen LogP contribution in [0.1, 0.15) is 38.8 Å². The Kier molecular flexibility index (Phi) is 4.86. The lowest BCUT2D eigenvalue weighted by Gasteiger charge is -2.25. The molecule has 2 rings (SSSR count). The number of carbonyl (C=O) groups is 2. The first-order valence-electron chi connectivity index (χ1n) is 7.66. The predicted molar refractivity (Wildman–Crippen MR) is 84.1 cm³/mol. The highest BCUT2D eigenvalue weighted by Crippen LogP contribution is 2.35. The molecule has 1 aromatic rings. The minimum absolute atomic E-state index is 0.0213. The number of carbonyl (C=O) groups excluding carboxylic acids is 2. The second-order valence-corrected chi connectivity index (χ2v) is 6.27. The van der Waals surface area contributed by atoms with Gasteiger partial charge in [-0.1, -0.05) is 44.2 Å². The number of urea groups is 1. The molecule has 0 aliphatic carbocycles. The van der Waals surface area contributed by atoms with Crippen molar-refractivity contribution < 1.29 is 14.7 Å². The monoisotopic (exact) mass is 304 g/mol. The molecule has 1 aromatic carbocycles. The van der Waals surface area contributed by atoms with Gasteiger partial charge in [-0.05, 0) is 18.4 Å². The van der Waals surface area contributed by atoms with Gasteiger partial charge in [0.2, 0.25) is 5.91 Å². The molecule has 3 atom stereocenters. The lowest BCUT2D eigenvalue weighted by molar-refractivity contribution is -0.132. The van der Waals surface area contributed by atoms with Crippen LogP contribution in [-0.2, 0) is 4.79 Å². The quantitative estimate of drug-likeness (QED) is 0.929. The summed E-state index contributed by atoms with van der Waals surface area (Å²) in [5.41, 5.74) is 0.931. The van der Waals surface area contributed by atoms with Crippen molar-refractivity contribution in [3.8, 4) is 0 Å². The Morgan fingerprint density at radius 2 is 1.86 bits per heavy atom. The normalized spacial score (nSPS) is 23.3. The number of hydrogen-bond donors (Lipinski definition) is 1.